The summed E-state index contributed by atoms with van der Waals surface area (Å²) in [5, 5.41) is 6.68. The molecule has 2 saturated carbocycles. The number of hydrogen-bond acceptors (Lipinski definition) is 3. The molecule has 1 amide bonds. The highest BCUT2D eigenvalue weighted by Crippen LogP contribution is 2.57. The van der Waals surface area contributed by atoms with Crippen LogP contribution in [0.1, 0.15) is 58.3 Å². The summed E-state index contributed by atoms with van der Waals surface area (Å²) in [5.41, 5.74) is 0.292. The van der Waals surface area contributed by atoms with E-state index in [9.17, 15) is 4.79 Å². The van der Waals surface area contributed by atoms with Gasteiger partial charge in [0.2, 0.25) is 5.91 Å². The molecule has 1 heterocycles. The third-order valence-corrected chi connectivity index (χ3v) is 6.01. The van der Waals surface area contributed by atoms with Crippen LogP contribution in [0.5, 0.6) is 0 Å². The topological polar surface area (TPSA) is 50.4 Å². The van der Waals surface area contributed by atoms with Crippen molar-refractivity contribution in [3.63, 3.8) is 0 Å². The normalized spacial score (nSPS) is 30.0. The summed E-state index contributed by atoms with van der Waals surface area (Å²) in [6.45, 7) is 5.10. The molecule has 4 nitrogen and oxygen atoms in total. The molecule has 2 unspecified atom stereocenters. The summed E-state index contributed by atoms with van der Waals surface area (Å²) in [5.74, 6) is 1.01. The van der Waals surface area contributed by atoms with Gasteiger partial charge in [0, 0.05) is 24.5 Å². The van der Waals surface area contributed by atoms with E-state index in [1.807, 2.05) is 0 Å². The van der Waals surface area contributed by atoms with Crippen LogP contribution in [0.2, 0.25) is 0 Å². The predicted octanol–water partition coefficient (Wildman–Crippen LogP) is 2.65. The maximum Gasteiger partial charge on any atom is 0.220 e. The Balaban J connectivity index is 0.00000176. The van der Waals surface area contributed by atoms with Crippen molar-refractivity contribution in [3.05, 3.63) is 0 Å². The molecule has 0 aromatic heterocycles. The molecule has 5 heteroatoms. The van der Waals surface area contributed by atoms with Gasteiger partial charge in [0.1, 0.15) is 0 Å². The zero-order chi connectivity index (χ0) is 14.7. The van der Waals surface area contributed by atoms with Gasteiger partial charge < -0.3 is 15.4 Å². The summed E-state index contributed by atoms with van der Waals surface area (Å²) >= 11 is 0. The van der Waals surface area contributed by atoms with E-state index < -0.39 is 0 Å². The van der Waals surface area contributed by atoms with Crippen molar-refractivity contribution in [1.29, 1.82) is 0 Å². The van der Waals surface area contributed by atoms with Crippen LogP contribution >= 0.6 is 12.4 Å². The molecule has 0 bridgehead atoms. The van der Waals surface area contributed by atoms with Crippen molar-refractivity contribution in [1.82, 2.24) is 10.6 Å². The SMILES string of the molecule is CCOC1CC(NC(=O)CCC2CCNCC2)C12CCC2.Cl. The van der Waals surface area contributed by atoms with Crippen LogP contribution in [0, 0.1) is 11.3 Å². The van der Waals surface area contributed by atoms with Crippen molar-refractivity contribution >= 4 is 18.3 Å². The summed E-state index contributed by atoms with van der Waals surface area (Å²) in [7, 11) is 0. The Bertz CT molecular complexity index is 368. The van der Waals surface area contributed by atoms with Gasteiger partial charge in [-0.05, 0) is 64.5 Å². The predicted molar refractivity (Wildman–Crippen MR) is 90.3 cm³/mol. The van der Waals surface area contributed by atoms with Gasteiger partial charge in [-0.25, -0.2) is 0 Å². The zero-order valence-corrected chi connectivity index (χ0v) is 14.6. The molecule has 2 atom stereocenters. The van der Waals surface area contributed by atoms with E-state index in [2.05, 4.69) is 17.6 Å². The average molecular weight is 331 g/mol. The fourth-order valence-corrected chi connectivity index (χ4v) is 4.41. The molecule has 22 heavy (non-hydrogen) atoms. The molecule has 0 aromatic rings. The number of carbonyl (C=O) groups is 1. The highest BCUT2D eigenvalue weighted by molar-refractivity contribution is 5.85. The van der Waals surface area contributed by atoms with Gasteiger partial charge in [0.25, 0.3) is 0 Å². The second kappa shape index (κ2) is 7.98. The molecular weight excluding hydrogens is 300 g/mol. The van der Waals surface area contributed by atoms with Gasteiger partial charge in [-0.2, -0.15) is 0 Å². The Morgan fingerprint density at radius 1 is 1.32 bits per heavy atom. The van der Waals surface area contributed by atoms with Crippen molar-refractivity contribution in [2.45, 2.75) is 70.4 Å². The Morgan fingerprint density at radius 2 is 2.05 bits per heavy atom. The van der Waals surface area contributed by atoms with Crippen LogP contribution in [-0.2, 0) is 9.53 Å². The molecule has 0 radical (unpaired) electrons. The number of ether oxygens (including phenoxy) is 1. The Labute approximate surface area is 140 Å². The number of nitrogens with one attached hydrogen (secondary N) is 2. The highest BCUT2D eigenvalue weighted by atomic mass is 35.5. The number of hydrogen-bond donors (Lipinski definition) is 2. The second-order valence-electron chi connectivity index (χ2n) is 7.12. The molecule has 1 saturated heterocycles. The van der Waals surface area contributed by atoms with Crippen LogP contribution in [0.3, 0.4) is 0 Å². The quantitative estimate of drug-likeness (QED) is 0.787. The molecule has 3 rings (SSSR count). The van der Waals surface area contributed by atoms with Crippen molar-refractivity contribution in [2.75, 3.05) is 19.7 Å². The lowest BCUT2D eigenvalue weighted by Crippen LogP contribution is -2.67. The monoisotopic (exact) mass is 330 g/mol. The first-order valence-electron chi connectivity index (χ1n) is 8.86. The summed E-state index contributed by atoms with van der Waals surface area (Å²) in [6, 6.07) is 0.378. The molecular formula is C17H31ClN2O2. The Hall–Kier alpha value is -0.320. The summed E-state index contributed by atoms with van der Waals surface area (Å²) < 4.78 is 5.84. The van der Waals surface area contributed by atoms with Crippen molar-refractivity contribution < 1.29 is 9.53 Å². The third-order valence-electron chi connectivity index (χ3n) is 6.01. The Kier molecular flexibility index (Phi) is 6.54. The maximum absolute atomic E-state index is 12.2. The first-order valence-corrected chi connectivity index (χ1v) is 8.86. The molecule has 3 fully saturated rings. The third kappa shape index (κ3) is 3.60. The van der Waals surface area contributed by atoms with E-state index in [0.717, 1.165) is 38.5 Å². The van der Waals surface area contributed by atoms with Crippen molar-refractivity contribution in [2.24, 2.45) is 11.3 Å². The molecule has 0 aromatic carbocycles. The molecule has 1 spiro atoms. The van der Waals surface area contributed by atoms with Gasteiger partial charge in [0.05, 0.1) is 6.10 Å². The molecule has 1 aliphatic heterocycles. The average Bonchev–Trinajstić information content (AvgIpc) is 2.43. The van der Waals surface area contributed by atoms with Crippen LogP contribution in [0.4, 0.5) is 0 Å². The summed E-state index contributed by atoms with van der Waals surface area (Å²) in [6.07, 6.45) is 9.40. The largest absolute Gasteiger partial charge is 0.378 e. The maximum atomic E-state index is 12.2. The van der Waals surface area contributed by atoms with Crippen LogP contribution < -0.4 is 10.6 Å². The first kappa shape index (κ1) is 18.0. The molecule has 128 valence electrons. The van der Waals surface area contributed by atoms with E-state index >= 15 is 0 Å². The van der Waals surface area contributed by atoms with Gasteiger partial charge >= 0.3 is 0 Å². The van der Waals surface area contributed by atoms with Gasteiger partial charge in [-0.15, -0.1) is 12.4 Å². The first-order chi connectivity index (χ1) is 10.2. The lowest BCUT2D eigenvalue weighted by atomic mass is 9.51. The van der Waals surface area contributed by atoms with E-state index in [0.29, 0.717) is 24.0 Å². The fraction of sp³-hybridized carbons (Fsp3) is 0.941. The lowest BCUT2D eigenvalue weighted by molar-refractivity contribution is -0.175. The number of amides is 1. The van der Waals surface area contributed by atoms with E-state index in [4.69, 9.17) is 4.74 Å². The van der Waals surface area contributed by atoms with Gasteiger partial charge in [-0.3, -0.25) is 4.79 Å². The fourth-order valence-electron chi connectivity index (χ4n) is 4.41. The standard InChI is InChI=1S/C17H30N2O2.ClH/c1-2-21-15-12-14(17(15)8-3-9-17)19-16(20)5-4-13-6-10-18-11-7-13;/h13-15,18H,2-12H2,1H3,(H,19,20);1H. The van der Waals surface area contributed by atoms with Gasteiger partial charge in [-0.1, -0.05) is 6.42 Å². The molecule has 2 aliphatic carbocycles. The number of piperidine rings is 1. The number of rotatable bonds is 6. The molecule has 2 N–H and O–H groups in total. The summed E-state index contributed by atoms with van der Waals surface area (Å²) in [4.78, 5) is 12.2. The minimum absolute atomic E-state index is 0. The number of halogens is 1. The number of carbonyl (C=O) groups excluding carboxylic acids is 1. The van der Waals surface area contributed by atoms with E-state index in [-0.39, 0.29) is 18.3 Å². The molecule has 3 aliphatic rings. The van der Waals surface area contributed by atoms with Crippen LogP contribution in [0.15, 0.2) is 0 Å². The van der Waals surface area contributed by atoms with Crippen molar-refractivity contribution in [3.8, 4) is 0 Å². The minimum atomic E-state index is 0. The minimum Gasteiger partial charge on any atom is -0.378 e. The Morgan fingerprint density at radius 3 is 2.64 bits per heavy atom. The van der Waals surface area contributed by atoms with E-state index in [1.54, 1.807) is 0 Å². The van der Waals surface area contributed by atoms with Crippen LogP contribution in [-0.4, -0.2) is 37.7 Å². The smallest absolute Gasteiger partial charge is 0.220 e. The van der Waals surface area contributed by atoms with Gasteiger partial charge in [0.15, 0.2) is 0 Å². The second-order valence-corrected chi connectivity index (χ2v) is 7.12. The lowest BCUT2D eigenvalue weighted by Gasteiger charge is -2.61. The van der Waals surface area contributed by atoms with Crippen LogP contribution in [0.25, 0.3) is 0 Å². The van der Waals surface area contributed by atoms with E-state index in [1.165, 1.54) is 32.1 Å². The highest BCUT2D eigenvalue weighted by Gasteiger charge is 2.59. The zero-order valence-electron chi connectivity index (χ0n) is 13.7.